The fourth-order valence-corrected chi connectivity index (χ4v) is 4.77. The summed E-state index contributed by atoms with van der Waals surface area (Å²) in [5.41, 5.74) is 3.69. The lowest BCUT2D eigenvalue weighted by Gasteiger charge is -2.40. The monoisotopic (exact) mass is 465 g/mol. The van der Waals surface area contributed by atoms with Crippen molar-refractivity contribution in [3.8, 4) is 11.1 Å². The van der Waals surface area contributed by atoms with E-state index >= 15 is 0 Å². The van der Waals surface area contributed by atoms with E-state index in [2.05, 4.69) is 29.6 Å². The lowest BCUT2D eigenvalue weighted by atomic mass is 9.90. The third-order valence-corrected chi connectivity index (χ3v) is 6.82. The van der Waals surface area contributed by atoms with Gasteiger partial charge in [0.2, 0.25) is 5.91 Å². The number of nitrogens with one attached hydrogen (secondary N) is 1. The minimum Gasteiger partial charge on any atom is -0.480 e. The van der Waals surface area contributed by atoms with Crippen LogP contribution in [-0.2, 0) is 14.3 Å². The second-order valence-electron chi connectivity index (χ2n) is 9.65. The number of likely N-dealkylation sites (N-methyl/N-ethyl adjacent to an activating group) is 1. The van der Waals surface area contributed by atoms with Gasteiger partial charge in [0.15, 0.2) is 0 Å². The quantitative estimate of drug-likeness (QED) is 0.681. The van der Waals surface area contributed by atoms with Gasteiger partial charge in [-0.1, -0.05) is 48.5 Å². The van der Waals surface area contributed by atoms with Gasteiger partial charge in [0.25, 0.3) is 0 Å². The Morgan fingerprint density at radius 2 is 1.62 bits per heavy atom. The van der Waals surface area contributed by atoms with Crippen LogP contribution in [0.1, 0.15) is 30.9 Å². The number of fused-ring (bicyclic) bond motifs is 3. The first-order chi connectivity index (χ1) is 16.2. The number of carbonyl (C=O) groups excluding carboxylic acids is 2. The maximum absolute atomic E-state index is 13.1. The molecular formula is C26H31N3O5. The Labute approximate surface area is 199 Å². The van der Waals surface area contributed by atoms with Gasteiger partial charge in [-0.05, 0) is 43.1 Å². The number of carbonyl (C=O) groups is 3. The van der Waals surface area contributed by atoms with Crippen molar-refractivity contribution < 1.29 is 24.2 Å². The van der Waals surface area contributed by atoms with E-state index < -0.39 is 23.5 Å². The molecule has 0 radical (unpaired) electrons. The first-order valence-corrected chi connectivity index (χ1v) is 11.5. The van der Waals surface area contributed by atoms with Crippen LogP contribution in [0.5, 0.6) is 0 Å². The zero-order chi connectivity index (χ0) is 24.5. The van der Waals surface area contributed by atoms with Crippen molar-refractivity contribution in [1.29, 1.82) is 0 Å². The van der Waals surface area contributed by atoms with Crippen molar-refractivity contribution in [2.24, 2.45) is 5.41 Å². The van der Waals surface area contributed by atoms with E-state index in [-0.39, 0.29) is 31.5 Å². The van der Waals surface area contributed by atoms with Crippen molar-refractivity contribution >= 4 is 18.0 Å². The number of benzene rings is 2. The Bertz CT molecular complexity index is 1050. The molecule has 180 valence electrons. The molecule has 2 aliphatic rings. The van der Waals surface area contributed by atoms with Crippen LogP contribution in [0, 0.1) is 5.41 Å². The molecule has 2 amide bonds. The van der Waals surface area contributed by atoms with Crippen molar-refractivity contribution in [1.82, 2.24) is 15.1 Å². The Morgan fingerprint density at radius 3 is 2.21 bits per heavy atom. The molecule has 2 aromatic rings. The molecule has 1 fully saturated rings. The molecule has 8 nitrogen and oxygen atoms in total. The predicted octanol–water partition coefficient (Wildman–Crippen LogP) is 2.78. The smallest absolute Gasteiger partial charge is 0.407 e. The fourth-order valence-electron chi connectivity index (χ4n) is 4.77. The summed E-state index contributed by atoms with van der Waals surface area (Å²) >= 11 is 0. The fraction of sp³-hybridized carbons (Fsp3) is 0.423. The minimum atomic E-state index is -0.949. The van der Waals surface area contributed by atoms with Gasteiger partial charge >= 0.3 is 12.1 Å². The summed E-state index contributed by atoms with van der Waals surface area (Å²) in [5.74, 6) is -1.17. The third kappa shape index (κ3) is 4.63. The zero-order valence-corrected chi connectivity index (χ0v) is 19.8. The van der Waals surface area contributed by atoms with E-state index in [4.69, 9.17) is 4.74 Å². The number of carboxylic acid groups (broad SMARTS) is 1. The van der Waals surface area contributed by atoms with Crippen molar-refractivity contribution in [2.45, 2.75) is 25.8 Å². The number of nitrogens with zero attached hydrogens (tertiary/aromatic N) is 2. The summed E-state index contributed by atoms with van der Waals surface area (Å²) in [6.07, 6.45) is -0.579. The molecule has 0 spiro atoms. The van der Waals surface area contributed by atoms with E-state index in [9.17, 15) is 19.5 Å². The molecule has 1 saturated heterocycles. The average Bonchev–Trinajstić information content (AvgIpc) is 3.15. The number of aliphatic carboxylic acids is 1. The van der Waals surface area contributed by atoms with Crippen LogP contribution in [0.3, 0.4) is 0 Å². The van der Waals surface area contributed by atoms with E-state index in [1.54, 1.807) is 30.7 Å². The van der Waals surface area contributed by atoms with E-state index in [1.807, 2.05) is 24.3 Å². The van der Waals surface area contributed by atoms with Crippen LogP contribution in [-0.4, -0.2) is 78.8 Å². The van der Waals surface area contributed by atoms with Crippen LogP contribution in [0.15, 0.2) is 48.5 Å². The number of carboxylic acids is 1. The topological polar surface area (TPSA) is 99.2 Å². The minimum absolute atomic E-state index is 0.0360. The molecule has 1 unspecified atom stereocenters. The number of rotatable bonds is 6. The van der Waals surface area contributed by atoms with Crippen LogP contribution < -0.4 is 5.32 Å². The third-order valence-electron chi connectivity index (χ3n) is 6.82. The number of ether oxygens (including phenoxy) is 1. The summed E-state index contributed by atoms with van der Waals surface area (Å²) < 4.78 is 5.56. The van der Waals surface area contributed by atoms with Gasteiger partial charge in [0.1, 0.15) is 12.6 Å². The van der Waals surface area contributed by atoms with Crippen LogP contribution in [0.2, 0.25) is 0 Å². The molecule has 0 saturated carbocycles. The first-order valence-electron chi connectivity index (χ1n) is 11.5. The van der Waals surface area contributed by atoms with Gasteiger partial charge in [-0.15, -0.1) is 0 Å². The summed E-state index contributed by atoms with van der Waals surface area (Å²) in [6, 6.07) is 15.5. The standard InChI is InChI=1S/C26H31N3O5/c1-26(2,24(32)29-13-12-28(3)22(14-29)23(30)31)16-27-25(33)34-15-21-19-10-6-4-8-17(19)18-9-5-7-11-20(18)21/h4-11,21-22H,12-16H2,1-3H3,(H,27,33)(H,30,31). The zero-order valence-electron chi connectivity index (χ0n) is 19.8. The Kier molecular flexibility index (Phi) is 6.61. The van der Waals surface area contributed by atoms with Gasteiger partial charge in [-0.2, -0.15) is 0 Å². The maximum Gasteiger partial charge on any atom is 0.407 e. The highest BCUT2D eigenvalue weighted by molar-refractivity contribution is 5.84. The van der Waals surface area contributed by atoms with Crippen LogP contribution in [0.25, 0.3) is 11.1 Å². The van der Waals surface area contributed by atoms with Crippen molar-refractivity contribution in [3.63, 3.8) is 0 Å². The van der Waals surface area contributed by atoms with Crippen molar-refractivity contribution in [2.75, 3.05) is 39.8 Å². The number of piperazine rings is 1. The lowest BCUT2D eigenvalue weighted by molar-refractivity contribution is -0.150. The molecule has 1 heterocycles. The summed E-state index contributed by atoms with van der Waals surface area (Å²) in [5, 5.41) is 12.1. The van der Waals surface area contributed by atoms with E-state index in [0.717, 1.165) is 22.3 Å². The lowest BCUT2D eigenvalue weighted by Crippen LogP contribution is -2.59. The van der Waals surface area contributed by atoms with Crippen LogP contribution >= 0.6 is 0 Å². The van der Waals surface area contributed by atoms with Gasteiger partial charge in [-0.3, -0.25) is 14.5 Å². The Hall–Kier alpha value is -3.39. The number of amides is 2. The summed E-state index contributed by atoms with van der Waals surface area (Å²) in [7, 11) is 1.74. The molecule has 1 aliphatic heterocycles. The number of hydrogen-bond donors (Lipinski definition) is 2. The molecule has 8 heteroatoms. The maximum atomic E-state index is 13.1. The highest BCUT2D eigenvalue weighted by Gasteiger charge is 2.38. The van der Waals surface area contributed by atoms with Gasteiger partial charge in [0, 0.05) is 32.1 Å². The van der Waals surface area contributed by atoms with E-state index in [1.165, 1.54) is 0 Å². The SMILES string of the molecule is CN1CCN(C(=O)C(C)(C)CNC(=O)OCC2c3ccccc3-c3ccccc32)CC1C(=O)O. The Balaban J connectivity index is 1.33. The molecule has 1 atom stereocenters. The molecule has 4 rings (SSSR count). The highest BCUT2D eigenvalue weighted by Crippen LogP contribution is 2.44. The molecule has 1 aliphatic carbocycles. The molecular weight excluding hydrogens is 434 g/mol. The molecule has 0 bridgehead atoms. The average molecular weight is 466 g/mol. The van der Waals surface area contributed by atoms with E-state index in [0.29, 0.717) is 13.1 Å². The summed E-state index contributed by atoms with van der Waals surface area (Å²) in [6.45, 7) is 4.84. The van der Waals surface area contributed by atoms with Crippen molar-refractivity contribution in [3.05, 3.63) is 59.7 Å². The molecule has 2 N–H and O–H groups in total. The summed E-state index contributed by atoms with van der Waals surface area (Å²) in [4.78, 5) is 40.4. The van der Waals surface area contributed by atoms with Crippen LogP contribution in [0.4, 0.5) is 4.79 Å². The molecule has 2 aromatic carbocycles. The first kappa shape index (κ1) is 23.8. The molecule has 0 aromatic heterocycles. The second-order valence-corrected chi connectivity index (χ2v) is 9.65. The van der Waals surface area contributed by atoms with Gasteiger partial charge in [-0.25, -0.2) is 4.79 Å². The second kappa shape index (κ2) is 9.46. The highest BCUT2D eigenvalue weighted by atomic mass is 16.5. The normalized spacial score (nSPS) is 18.2. The number of alkyl carbamates (subject to hydrolysis) is 1. The largest absolute Gasteiger partial charge is 0.480 e. The predicted molar refractivity (Wildman–Crippen MR) is 127 cm³/mol. The number of hydrogen-bond acceptors (Lipinski definition) is 5. The Morgan fingerprint density at radius 1 is 1.03 bits per heavy atom. The van der Waals surface area contributed by atoms with Gasteiger partial charge < -0.3 is 20.1 Å². The van der Waals surface area contributed by atoms with Gasteiger partial charge in [0.05, 0.1) is 5.41 Å². The molecule has 34 heavy (non-hydrogen) atoms.